The van der Waals surface area contributed by atoms with Gasteiger partial charge >= 0.3 is 0 Å². The first kappa shape index (κ1) is 13.2. The molecule has 0 saturated heterocycles. The molecule has 1 aliphatic heterocycles. The van der Waals surface area contributed by atoms with Crippen LogP contribution >= 0.6 is 11.8 Å². The van der Waals surface area contributed by atoms with Crippen molar-refractivity contribution in [2.24, 2.45) is 0 Å². The molecule has 108 valence electrons. The van der Waals surface area contributed by atoms with Gasteiger partial charge in [0, 0.05) is 29.5 Å². The summed E-state index contributed by atoms with van der Waals surface area (Å²) < 4.78 is 13.2. The highest BCUT2D eigenvalue weighted by molar-refractivity contribution is 7.98. The fourth-order valence-corrected chi connectivity index (χ4v) is 3.51. The van der Waals surface area contributed by atoms with Crippen LogP contribution in [0.5, 0.6) is 0 Å². The lowest BCUT2D eigenvalue weighted by Gasteiger charge is -2.09. The van der Waals surface area contributed by atoms with Crippen LogP contribution in [-0.4, -0.2) is 9.97 Å². The molecule has 3 nitrogen and oxygen atoms in total. The lowest BCUT2D eigenvalue weighted by atomic mass is 10.1. The van der Waals surface area contributed by atoms with E-state index in [0.29, 0.717) is 11.7 Å². The van der Waals surface area contributed by atoms with E-state index in [-0.39, 0.29) is 5.82 Å². The molecule has 2 aliphatic rings. The van der Waals surface area contributed by atoms with Gasteiger partial charge in [-0.3, -0.25) is 0 Å². The second-order valence-corrected chi connectivity index (χ2v) is 6.62. The van der Waals surface area contributed by atoms with Gasteiger partial charge in [-0.1, -0.05) is 6.07 Å². The molecule has 4 rings (SSSR count). The lowest BCUT2D eigenvalue weighted by molar-refractivity contribution is 0.624. The number of nitrogens with zero attached hydrogens (tertiary/aromatic N) is 2. The summed E-state index contributed by atoms with van der Waals surface area (Å²) in [5.41, 5.74) is 3.72. The zero-order chi connectivity index (χ0) is 14.2. The smallest absolute Gasteiger partial charge is 0.139 e. The zero-order valence-electron chi connectivity index (χ0n) is 11.6. The van der Waals surface area contributed by atoms with Crippen LogP contribution in [0, 0.1) is 5.82 Å². The lowest BCUT2D eigenvalue weighted by Crippen LogP contribution is -2.04. The molecule has 1 N–H and O–H groups in total. The monoisotopic (exact) mass is 301 g/mol. The van der Waals surface area contributed by atoms with Gasteiger partial charge < -0.3 is 5.32 Å². The Morgan fingerprint density at radius 2 is 2.14 bits per heavy atom. The molecule has 2 heterocycles. The van der Waals surface area contributed by atoms with E-state index in [9.17, 15) is 4.39 Å². The molecule has 0 atom stereocenters. The summed E-state index contributed by atoms with van der Waals surface area (Å²) in [6.45, 7) is 1.74. The van der Waals surface area contributed by atoms with E-state index in [2.05, 4.69) is 10.3 Å². The van der Waals surface area contributed by atoms with Crippen molar-refractivity contribution in [3.05, 3.63) is 52.9 Å². The molecule has 0 amide bonds. The van der Waals surface area contributed by atoms with Crippen LogP contribution in [0.4, 0.5) is 4.39 Å². The third-order valence-electron chi connectivity index (χ3n) is 3.89. The first-order valence-corrected chi connectivity index (χ1v) is 8.26. The molecule has 0 spiro atoms. The average molecular weight is 301 g/mol. The maximum absolute atomic E-state index is 13.2. The molecule has 2 aromatic rings. The highest BCUT2D eigenvalue weighted by atomic mass is 32.2. The van der Waals surface area contributed by atoms with Crippen LogP contribution in [0.15, 0.2) is 29.2 Å². The molecule has 5 heteroatoms. The third-order valence-corrected chi connectivity index (χ3v) is 4.88. The van der Waals surface area contributed by atoms with Crippen LogP contribution < -0.4 is 5.32 Å². The van der Waals surface area contributed by atoms with Gasteiger partial charge in [-0.05, 0) is 31.0 Å². The molecule has 1 fully saturated rings. The Hall–Kier alpha value is -1.46. The second-order valence-electron chi connectivity index (χ2n) is 5.57. The number of hydrogen-bond acceptors (Lipinski definition) is 4. The molecule has 1 aromatic carbocycles. The molecule has 0 radical (unpaired) electrons. The fourth-order valence-electron chi connectivity index (χ4n) is 2.71. The van der Waals surface area contributed by atoms with Crippen molar-refractivity contribution in [3.63, 3.8) is 0 Å². The van der Waals surface area contributed by atoms with Crippen molar-refractivity contribution < 1.29 is 4.39 Å². The number of rotatable bonds is 4. The fraction of sp³-hybridized carbons (Fsp3) is 0.375. The normalized spacial score (nSPS) is 17.0. The van der Waals surface area contributed by atoms with E-state index in [4.69, 9.17) is 4.98 Å². The number of fused-ring (bicyclic) bond motifs is 1. The number of benzene rings is 1. The number of hydrogen-bond donors (Lipinski definition) is 1. The average Bonchev–Trinajstić information content (AvgIpc) is 3.22. The summed E-state index contributed by atoms with van der Waals surface area (Å²) in [6.07, 6.45) is 2.50. The predicted molar refractivity (Wildman–Crippen MR) is 80.5 cm³/mol. The molecule has 0 bridgehead atoms. The second kappa shape index (κ2) is 5.39. The van der Waals surface area contributed by atoms with Gasteiger partial charge in [0.1, 0.15) is 11.6 Å². The Morgan fingerprint density at radius 3 is 2.95 bits per heavy atom. The summed E-state index contributed by atoms with van der Waals surface area (Å²) in [5.74, 6) is 2.00. The largest absolute Gasteiger partial charge is 0.307 e. The van der Waals surface area contributed by atoms with E-state index in [1.807, 2.05) is 6.07 Å². The van der Waals surface area contributed by atoms with Crippen LogP contribution in [0.2, 0.25) is 0 Å². The Kier molecular flexibility index (Phi) is 3.39. The Balaban J connectivity index is 1.56. The van der Waals surface area contributed by atoms with Gasteiger partial charge in [0.05, 0.1) is 17.1 Å². The standard InChI is InChI=1S/C16H16FN3S/c17-11-2-1-3-12(6-11)21-9-15-19-14-8-18-7-13(14)16(20-15)10-4-5-10/h1-3,6,10,18H,4-5,7-9H2. The van der Waals surface area contributed by atoms with Crippen molar-refractivity contribution in [3.8, 4) is 0 Å². The van der Waals surface area contributed by atoms with Gasteiger partial charge in [-0.25, -0.2) is 14.4 Å². The number of halogens is 1. The van der Waals surface area contributed by atoms with Crippen LogP contribution in [0.3, 0.4) is 0 Å². The SMILES string of the molecule is Fc1cccc(SCc2nc3c(c(C4CC4)n2)CNC3)c1. The summed E-state index contributed by atoms with van der Waals surface area (Å²) >= 11 is 1.59. The van der Waals surface area contributed by atoms with Crippen LogP contribution in [-0.2, 0) is 18.8 Å². The van der Waals surface area contributed by atoms with E-state index in [0.717, 1.165) is 29.5 Å². The van der Waals surface area contributed by atoms with E-state index in [1.54, 1.807) is 23.9 Å². The molecule has 1 saturated carbocycles. The first-order valence-electron chi connectivity index (χ1n) is 7.27. The van der Waals surface area contributed by atoms with Gasteiger partial charge in [-0.2, -0.15) is 0 Å². The zero-order valence-corrected chi connectivity index (χ0v) is 12.4. The minimum absolute atomic E-state index is 0.197. The molecule has 21 heavy (non-hydrogen) atoms. The van der Waals surface area contributed by atoms with Gasteiger partial charge in [-0.15, -0.1) is 11.8 Å². The summed E-state index contributed by atoms with van der Waals surface area (Å²) in [5, 5.41) is 3.36. The third kappa shape index (κ3) is 2.80. The van der Waals surface area contributed by atoms with Crippen molar-refractivity contribution in [1.29, 1.82) is 0 Å². The van der Waals surface area contributed by atoms with Crippen molar-refractivity contribution >= 4 is 11.8 Å². The predicted octanol–water partition coefficient (Wildman–Crippen LogP) is 3.39. The summed E-state index contributed by atoms with van der Waals surface area (Å²) in [4.78, 5) is 10.4. The van der Waals surface area contributed by atoms with E-state index >= 15 is 0 Å². The van der Waals surface area contributed by atoms with Gasteiger partial charge in [0.25, 0.3) is 0 Å². The van der Waals surface area contributed by atoms with E-state index < -0.39 is 0 Å². The van der Waals surface area contributed by atoms with E-state index in [1.165, 1.54) is 30.2 Å². The maximum Gasteiger partial charge on any atom is 0.139 e. The minimum Gasteiger partial charge on any atom is -0.307 e. The van der Waals surface area contributed by atoms with Gasteiger partial charge in [0.2, 0.25) is 0 Å². The topological polar surface area (TPSA) is 37.8 Å². The maximum atomic E-state index is 13.2. The number of nitrogens with one attached hydrogen (secondary N) is 1. The highest BCUT2D eigenvalue weighted by Crippen LogP contribution is 2.42. The summed E-state index contributed by atoms with van der Waals surface area (Å²) in [7, 11) is 0. The Bertz CT molecular complexity index is 685. The molecule has 1 aromatic heterocycles. The van der Waals surface area contributed by atoms with Gasteiger partial charge in [0.15, 0.2) is 0 Å². The summed E-state index contributed by atoms with van der Waals surface area (Å²) in [6, 6.07) is 6.68. The van der Waals surface area contributed by atoms with Crippen LogP contribution in [0.25, 0.3) is 0 Å². The Morgan fingerprint density at radius 1 is 1.24 bits per heavy atom. The first-order chi connectivity index (χ1) is 10.3. The highest BCUT2D eigenvalue weighted by Gasteiger charge is 2.31. The van der Waals surface area contributed by atoms with Crippen molar-refractivity contribution in [1.82, 2.24) is 15.3 Å². The minimum atomic E-state index is -0.197. The van der Waals surface area contributed by atoms with Crippen molar-refractivity contribution in [2.75, 3.05) is 0 Å². The van der Waals surface area contributed by atoms with Crippen molar-refractivity contribution in [2.45, 2.75) is 42.5 Å². The quantitative estimate of drug-likeness (QED) is 0.879. The molecular formula is C16H16FN3S. The number of aromatic nitrogens is 2. The Labute approximate surface area is 127 Å². The molecule has 1 aliphatic carbocycles. The molecule has 0 unspecified atom stereocenters. The number of thioether (sulfide) groups is 1. The van der Waals surface area contributed by atoms with Crippen LogP contribution in [0.1, 0.15) is 41.5 Å². The molecular weight excluding hydrogens is 285 g/mol.